The van der Waals surface area contributed by atoms with E-state index in [9.17, 15) is 0 Å². The third-order valence-electron chi connectivity index (χ3n) is 4.71. The Bertz CT molecular complexity index is 555. The van der Waals surface area contributed by atoms with E-state index in [4.69, 9.17) is 0 Å². The Labute approximate surface area is 137 Å². The smallest absolute Gasteiger partial charge is 0.107 e. The molecule has 0 radical (unpaired) electrons. The molecule has 1 aliphatic heterocycles. The van der Waals surface area contributed by atoms with E-state index in [1.807, 2.05) is 6.20 Å². The predicted molar refractivity (Wildman–Crippen MR) is 92.9 cm³/mol. The summed E-state index contributed by atoms with van der Waals surface area (Å²) in [6.45, 7) is 5.61. The minimum Gasteiger partial charge on any atom is -0.297 e. The first-order chi connectivity index (χ1) is 10.7. The molecule has 3 nitrogen and oxygen atoms in total. The first-order valence-corrected chi connectivity index (χ1v) is 8.97. The fourth-order valence-corrected chi connectivity index (χ4v) is 4.00. The highest BCUT2D eigenvalue weighted by Gasteiger charge is 2.27. The molecule has 118 valence electrons. The first kappa shape index (κ1) is 15.7. The van der Waals surface area contributed by atoms with Crippen LogP contribution in [-0.2, 0) is 13.1 Å². The molecule has 0 aliphatic carbocycles. The van der Waals surface area contributed by atoms with Crippen molar-refractivity contribution < 1.29 is 0 Å². The van der Waals surface area contributed by atoms with Gasteiger partial charge in [-0.05, 0) is 32.4 Å². The number of aromatic nitrogens is 1. The molecule has 2 aromatic rings. The summed E-state index contributed by atoms with van der Waals surface area (Å²) in [5.41, 5.74) is 1.42. The molecular weight excluding hydrogens is 290 g/mol. The van der Waals surface area contributed by atoms with Crippen molar-refractivity contribution in [1.29, 1.82) is 0 Å². The summed E-state index contributed by atoms with van der Waals surface area (Å²) in [4.78, 5) is 9.50. The zero-order valence-corrected chi connectivity index (χ0v) is 14.3. The lowest BCUT2D eigenvalue weighted by atomic mass is 9.96. The SMILES string of the molecule is C[C@H]1C[C@@H](N(C)Cc2nccs2)CCN1Cc1ccccc1. The molecule has 0 N–H and O–H groups in total. The zero-order valence-electron chi connectivity index (χ0n) is 13.5. The Morgan fingerprint density at radius 2 is 2.14 bits per heavy atom. The van der Waals surface area contributed by atoms with Gasteiger partial charge in [0.2, 0.25) is 0 Å². The molecule has 22 heavy (non-hydrogen) atoms. The van der Waals surface area contributed by atoms with Gasteiger partial charge in [-0.2, -0.15) is 0 Å². The van der Waals surface area contributed by atoms with E-state index < -0.39 is 0 Å². The number of piperidine rings is 1. The van der Waals surface area contributed by atoms with Crippen molar-refractivity contribution in [3.8, 4) is 0 Å². The van der Waals surface area contributed by atoms with Gasteiger partial charge in [-0.3, -0.25) is 9.80 Å². The van der Waals surface area contributed by atoms with Crippen LogP contribution in [0.15, 0.2) is 41.9 Å². The summed E-state index contributed by atoms with van der Waals surface area (Å²) >= 11 is 1.76. The summed E-state index contributed by atoms with van der Waals surface area (Å²) in [6, 6.07) is 12.1. The van der Waals surface area contributed by atoms with Gasteiger partial charge in [-0.1, -0.05) is 30.3 Å². The predicted octanol–water partition coefficient (Wildman–Crippen LogP) is 3.63. The summed E-state index contributed by atoms with van der Waals surface area (Å²) in [6.07, 6.45) is 4.40. The number of nitrogens with zero attached hydrogens (tertiary/aromatic N) is 3. The van der Waals surface area contributed by atoms with Crippen molar-refractivity contribution in [2.75, 3.05) is 13.6 Å². The van der Waals surface area contributed by atoms with E-state index in [1.165, 1.54) is 30.0 Å². The maximum absolute atomic E-state index is 4.41. The highest BCUT2D eigenvalue weighted by molar-refractivity contribution is 7.09. The van der Waals surface area contributed by atoms with E-state index in [0.29, 0.717) is 12.1 Å². The maximum atomic E-state index is 4.41. The van der Waals surface area contributed by atoms with Gasteiger partial charge in [0.25, 0.3) is 0 Å². The van der Waals surface area contributed by atoms with Crippen LogP contribution < -0.4 is 0 Å². The number of benzene rings is 1. The van der Waals surface area contributed by atoms with Gasteiger partial charge in [0.1, 0.15) is 5.01 Å². The first-order valence-electron chi connectivity index (χ1n) is 8.09. The summed E-state index contributed by atoms with van der Waals surface area (Å²) < 4.78 is 0. The molecule has 2 heterocycles. The summed E-state index contributed by atoms with van der Waals surface area (Å²) in [5.74, 6) is 0. The van der Waals surface area contributed by atoms with Crippen LogP contribution in [0.25, 0.3) is 0 Å². The van der Waals surface area contributed by atoms with Crippen LogP contribution >= 0.6 is 11.3 Å². The molecule has 1 aliphatic rings. The van der Waals surface area contributed by atoms with Crippen LogP contribution in [-0.4, -0.2) is 40.5 Å². The number of likely N-dealkylation sites (tertiary alicyclic amines) is 1. The monoisotopic (exact) mass is 315 g/mol. The van der Waals surface area contributed by atoms with Crippen LogP contribution in [0.4, 0.5) is 0 Å². The van der Waals surface area contributed by atoms with E-state index in [-0.39, 0.29) is 0 Å². The number of thiazole rings is 1. The van der Waals surface area contributed by atoms with Gasteiger partial charge in [-0.15, -0.1) is 11.3 Å². The lowest BCUT2D eigenvalue weighted by Crippen LogP contribution is -2.47. The lowest BCUT2D eigenvalue weighted by Gasteiger charge is -2.41. The van der Waals surface area contributed by atoms with Crippen LogP contribution in [0.1, 0.15) is 30.3 Å². The number of rotatable bonds is 5. The van der Waals surface area contributed by atoms with Crippen molar-refractivity contribution in [3.05, 3.63) is 52.5 Å². The molecule has 1 fully saturated rings. The van der Waals surface area contributed by atoms with Gasteiger partial charge in [0.05, 0.1) is 6.54 Å². The van der Waals surface area contributed by atoms with Gasteiger partial charge >= 0.3 is 0 Å². The van der Waals surface area contributed by atoms with Crippen molar-refractivity contribution >= 4 is 11.3 Å². The topological polar surface area (TPSA) is 19.4 Å². The Hall–Kier alpha value is -1.23. The molecule has 0 spiro atoms. The minimum atomic E-state index is 0.637. The zero-order chi connectivity index (χ0) is 15.4. The average molecular weight is 315 g/mol. The fourth-order valence-electron chi connectivity index (χ4n) is 3.32. The molecule has 0 bridgehead atoms. The summed E-state index contributed by atoms with van der Waals surface area (Å²) in [5, 5.41) is 3.29. The quantitative estimate of drug-likeness (QED) is 0.840. The van der Waals surface area contributed by atoms with Crippen LogP contribution in [0, 0.1) is 0 Å². The molecule has 4 heteroatoms. The standard InChI is InChI=1S/C18H25N3S/c1-15-12-17(20(2)14-18-19-9-11-22-18)8-10-21(15)13-16-6-4-3-5-7-16/h3-7,9,11,15,17H,8,10,12-14H2,1-2H3/t15-,17-/m0/s1. The molecule has 2 atom stereocenters. The molecule has 0 amide bonds. The molecule has 1 aromatic carbocycles. The molecule has 0 unspecified atom stereocenters. The van der Waals surface area contributed by atoms with E-state index in [2.05, 4.69) is 64.5 Å². The Balaban J connectivity index is 1.53. The van der Waals surface area contributed by atoms with Crippen LogP contribution in [0.3, 0.4) is 0 Å². The highest BCUT2D eigenvalue weighted by atomic mass is 32.1. The number of hydrogen-bond donors (Lipinski definition) is 0. The molecule has 3 rings (SSSR count). The van der Waals surface area contributed by atoms with Crippen molar-refractivity contribution in [1.82, 2.24) is 14.8 Å². The Morgan fingerprint density at radius 1 is 1.32 bits per heavy atom. The second-order valence-corrected chi connectivity index (χ2v) is 7.30. The van der Waals surface area contributed by atoms with Gasteiger partial charge in [0.15, 0.2) is 0 Å². The maximum Gasteiger partial charge on any atom is 0.107 e. The van der Waals surface area contributed by atoms with Gasteiger partial charge < -0.3 is 0 Å². The van der Waals surface area contributed by atoms with Crippen molar-refractivity contribution in [2.45, 2.75) is 44.9 Å². The largest absolute Gasteiger partial charge is 0.297 e. The third kappa shape index (κ3) is 3.94. The van der Waals surface area contributed by atoms with Crippen LogP contribution in [0.2, 0.25) is 0 Å². The van der Waals surface area contributed by atoms with Gasteiger partial charge in [-0.25, -0.2) is 4.98 Å². The second kappa shape index (κ2) is 7.36. The lowest BCUT2D eigenvalue weighted by molar-refractivity contribution is 0.0771. The fraction of sp³-hybridized carbons (Fsp3) is 0.500. The molecule has 1 aromatic heterocycles. The van der Waals surface area contributed by atoms with E-state index >= 15 is 0 Å². The Morgan fingerprint density at radius 3 is 2.82 bits per heavy atom. The number of hydrogen-bond acceptors (Lipinski definition) is 4. The third-order valence-corrected chi connectivity index (χ3v) is 5.47. The van der Waals surface area contributed by atoms with E-state index in [1.54, 1.807) is 11.3 Å². The highest BCUT2D eigenvalue weighted by Crippen LogP contribution is 2.24. The normalized spacial score (nSPS) is 23.0. The molecule has 1 saturated heterocycles. The summed E-state index contributed by atoms with van der Waals surface area (Å²) in [7, 11) is 2.24. The Kier molecular flexibility index (Phi) is 5.24. The minimum absolute atomic E-state index is 0.637. The molecular formula is C18H25N3S. The average Bonchev–Trinajstić information content (AvgIpc) is 3.03. The second-order valence-electron chi connectivity index (χ2n) is 6.32. The van der Waals surface area contributed by atoms with Crippen LogP contribution in [0.5, 0.6) is 0 Å². The molecule has 0 saturated carbocycles. The van der Waals surface area contributed by atoms with Gasteiger partial charge in [0, 0.05) is 36.8 Å². The van der Waals surface area contributed by atoms with E-state index in [0.717, 1.165) is 13.1 Å². The van der Waals surface area contributed by atoms with Crippen molar-refractivity contribution in [3.63, 3.8) is 0 Å². The van der Waals surface area contributed by atoms with Crippen molar-refractivity contribution in [2.24, 2.45) is 0 Å².